The highest BCUT2D eigenvalue weighted by molar-refractivity contribution is 5.27. The van der Waals surface area contributed by atoms with Crippen molar-refractivity contribution in [3.63, 3.8) is 0 Å². The topological polar surface area (TPSA) is 55.3 Å². The third kappa shape index (κ3) is 2.26. The van der Waals surface area contributed by atoms with Crippen molar-refractivity contribution in [3.8, 4) is 0 Å². The molecule has 0 spiro atoms. The van der Waals surface area contributed by atoms with Crippen LogP contribution in [0.4, 0.5) is 6.01 Å². The molecule has 2 N–H and O–H groups in total. The molecule has 0 bridgehead atoms. The lowest BCUT2D eigenvalue weighted by Gasteiger charge is -2.24. The summed E-state index contributed by atoms with van der Waals surface area (Å²) in [7, 11) is 2.00. The maximum Gasteiger partial charge on any atom is 0.297 e. The summed E-state index contributed by atoms with van der Waals surface area (Å²) in [5.74, 6) is 0. The van der Waals surface area contributed by atoms with Crippen LogP contribution in [0, 0.1) is 0 Å². The van der Waals surface area contributed by atoms with Gasteiger partial charge in [0.15, 0.2) is 0 Å². The monoisotopic (exact) mass is 197 g/mol. The summed E-state index contributed by atoms with van der Waals surface area (Å²) < 4.78 is 5.34. The van der Waals surface area contributed by atoms with Crippen LogP contribution < -0.4 is 10.6 Å². The minimum atomic E-state index is 0.431. The molecule has 1 heterocycles. The third-order valence-electron chi connectivity index (χ3n) is 2.54. The Labute approximate surface area is 85.1 Å². The van der Waals surface area contributed by atoms with Gasteiger partial charge in [-0.1, -0.05) is 13.8 Å². The maximum atomic E-state index is 5.46. The minimum absolute atomic E-state index is 0.431. The zero-order valence-electron chi connectivity index (χ0n) is 9.16. The van der Waals surface area contributed by atoms with E-state index in [4.69, 9.17) is 10.2 Å². The van der Waals surface area contributed by atoms with Gasteiger partial charge in [0.05, 0.1) is 5.69 Å². The standard InChI is InChI=1S/C10H19N3O/c1-4-9(5-2)13(3)10-12-8(6-11)7-14-10/h7,9H,4-6,11H2,1-3H3. The summed E-state index contributed by atoms with van der Waals surface area (Å²) in [6.07, 6.45) is 3.80. The lowest BCUT2D eigenvalue weighted by molar-refractivity contribution is 0.495. The largest absolute Gasteiger partial charge is 0.432 e. The molecule has 0 saturated carbocycles. The molecular weight excluding hydrogens is 178 g/mol. The summed E-state index contributed by atoms with van der Waals surface area (Å²) in [6.45, 7) is 4.76. The highest BCUT2D eigenvalue weighted by atomic mass is 16.4. The van der Waals surface area contributed by atoms with Crippen molar-refractivity contribution in [2.75, 3.05) is 11.9 Å². The number of aromatic nitrogens is 1. The van der Waals surface area contributed by atoms with Gasteiger partial charge in [0.1, 0.15) is 6.26 Å². The number of hydrogen-bond donors (Lipinski definition) is 1. The molecule has 1 aromatic rings. The highest BCUT2D eigenvalue weighted by Gasteiger charge is 2.15. The molecule has 0 fully saturated rings. The first-order chi connectivity index (χ1) is 6.72. The van der Waals surface area contributed by atoms with E-state index in [1.807, 2.05) is 7.05 Å². The fourth-order valence-electron chi connectivity index (χ4n) is 1.54. The van der Waals surface area contributed by atoms with Crippen LogP contribution in [-0.4, -0.2) is 18.1 Å². The molecule has 1 rings (SSSR count). The van der Waals surface area contributed by atoms with Crippen LogP contribution in [-0.2, 0) is 6.54 Å². The van der Waals surface area contributed by atoms with E-state index in [1.165, 1.54) is 0 Å². The van der Waals surface area contributed by atoms with E-state index in [-0.39, 0.29) is 0 Å². The van der Waals surface area contributed by atoms with Gasteiger partial charge in [-0.3, -0.25) is 0 Å². The first kappa shape index (κ1) is 11.0. The Hall–Kier alpha value is -1.03. The Morgan fingerprint density at radius 2 is 2.14 bits per heavy atom. The van der Waals surface area contributed by atoms with E-state index >= 15 is 0 Å². The molecule has 0 aliphatic carbocycles. The van der Waals surface area contributed by atoms with Crippen LogP contribution in [0.1, 0.15) is 32.4 Å². The molecule has 0 aliphatic heterocycles. The zero-order valence-corrected chi connectivity index (χ0v) is 9.16. The Bertz CT molecular complexity index is 268. The molecule has 0 radical (unpaired) electrons. The van der Waals surface area contributed by atoms with Crippen molar-refractivity contribution in [1.29, 1.82) is 0 Å². The van der Waals surface area contributed by atoms with Crippen LogP contribution in [0.25, 0.3) is 0 Å². The average molecular weight is 197 g/mol. The van der Waals surface area contributed by atoms with Gasteiger partial charge in [-0.15, -0.1) is 0 Å². The van der Waals surface area contributed by atoms with Crippen LogP contribution >= 0.6 is 0 Å². The van der Waals surface area contributed by atoms with Crippen molar-refractivity contribution in [2.24, 2.45) is 5.73 Å². The predicted octanol–water partition coefficient (Wildman–Crippen LogP) is 1.76. The van der Waals surface area contributed by atoms with Crippen LogP contribution in [0.5, 0.6) is 0 Å². The highest BCUT2D eigenvalue weighted by Crippen LogP contribution is 2.17. The fourth-order valence-corrected chi connectivity index (χ4v) is 1.54. The fraction of sp³-hybridized carbons (Fsp3) is 0.700. The first-order valence-corrected chi connectivity index (χ1v) is 5.10. The van der Waals surface area contributed by atoms with Crippen molar-refractivity contribution >= 4 is 6.01 Å². The van der Waals surface area contributed by atoms with Gasteiger partial charge >= 0.3 is 0 Å². The SMILES string of the molecule is CCC(CC)N(C)c1nc(CN)co1. The number of anilines is 1. The molecule has 0 aliphatic rings. The summed E-state index contributed by atoms with van der Waals surface area (Å²) >= 11 is 0. The minimum Gasteiger partial charge on any atom is -0.432 e. The first-order valence-electron chi connectivity index (χ1n) is 5.10. The van der Waals surface area contributed by atoms with Crippen molar-refractivity contribution < 1.29 is 4.42 Å². The molecule has 0 unspecified atom stereocenters. The zero-order chi connectivity index (χ0) is 10.6. The number of nitrogens with two attached hydrogens (primary N) is 1. The number of hydrogen-bond acceptors (Lipinski definition) is 4. The number of nitrogens with zero attached hydrogens (tertiary/aromatic N) is 2. The Balaban J connectivity index is 2.72. The summed E-state index contributed by atoms with van der Waals surface area (Å²) in [4.78, 5) is 6.35. The maximum absolute atomic E-state index is 5.46. The normalized spacial score (nSPS) is 10.9. The van der Waals surface area contributed by atoms with E-state index in [1.54, 1.807) is 6.26 Å². The third-order valence-corrected chi connectivity index (χ3v) is 2.54. The van der Waals surface area contributed by atoms with Crippen molar-refractivity contribution in [1.82, 2.24) is 4.98 Å². The summed E-state index contributed by atoms with van der Waals surface area (Å²) in [5.41, 5.74) is 6.27. The molecule has 0 aromatic carbocycles. The second-order valence-corrected chi connectivity index (χ2v) is 3.41. The van der Waals surface area contributed by atoms with Gasteiger partial charge in [-0.05, 0) is 12.8 Å². The Morgan fingerprint density at radius 3 is 2.57 bits per heavy atom. The Kier molecular flexibility index (Phi) is 3.95. The molecule has 4 heteroatoms. The van der Waals surface area contributed by atoms with E-state index in [0.717, 1.165) is 18.5 Å². The summed E-state index contributed by atoms with van der Waals surface area (Å²) in [5, 5.41) is 0. The van der Waals surface area contributed by atoms with Gasteiger partial charge in [-0.25, -0.2) is 0 Å². The lowest BCUT2D eigenvalue weighted by Crippen LogP contribution is -2.30. The molecule has 14 heavy (non-hydrogen) atoms. The van der Waals surface area contributed by atoms with Gasteiger partial charge in [0.25, 0.3) is 6.01 Å². The molecule has 80 valence electrons. The molecule has 1 aromatic heterocycles. The number of oxazole rings is 1. The predicted molar refractivity (Wildman–Crippen MR) is 57.2 cm³/mol. The molecular formula is C10H19N3O. The van der Waals surface area contributed by atoms with Crippen molar-refractivity contribution in [3.05, 3.63) is 12.0 Å². The van der Waals surface area contributed by atoms with Crippen LogP contribution in [0.15, 0.2) is 10.7 Å². The molecule has 0 atom stereocenters. The van der Waals surface area contributed by atoms with Crippen LogP contribution in [0.2, 0.25) is 0 Å². The quantitative estimate of drug-likeness (QED) is 0.781. The smallest absolute Gasteiger partial charge is 0.297 e. The van der Waals surface area contributed by atoms with E-state index in [0.29, 0.717) is 18.6 Å². The molecule has 0 amide bonds. The van der Waals surface area contributed by atoms with Gasteiger partial charge < -0.3 is 15.1 Å². The van der Waals surface area contributed by atoms with Crippen LogP contribution in [0.3, 0.4) is 0 Å². The van der Waals surface area contributed by atoms with Crippen molar-refractivity contribution in [2.45, 2.75) is 39.3 Å². The number of rotatable bonds is 5. The summed E-state index contributed by atoms with van der Waals surface area (Å²) in [6, 6.07) is 1.15. The van der Waals surface area contributed by atoms with Gasteiger partial charge in [-0.2, -0.15) is 4.98 Å². The Morgan fingerprint density at radius 1 is 1.50 bits per heavy atom. The molecule has 0 saturated heterocycles. The van der Waals surface area contributed by atoms with E-state index in [9.17, 15) is 0 Å². The van der Waals surface area contributed by atoms with Gasteiger partial charge in [0, 0.05) is 19.6 Å². The average Bonchev–Trinajstić information content (AvgIpc) is 2.67. The lowest BCUT2D eigenvalue weighted by atomic mass is 10.1. The van der Waals surface area contributed by atoms with E-state index < -0.39 is 0 Å². The van der Waals surface area contributed by atoms with Gasteiger partial charge in [0.2, 0.25) is 0 Å². The molecule has 4 nitrogen and oxygen atoms in total. The van der Waals surface area contributed by atoms with E-state index in [2.05, 4.69) is 23.7 Å². The second-order valence-electron chi connectivity index (χ2n) is 3.41. The second kappa shape index (κ2) is 5.00.